The van der Waals surface area contributed by atoms with Crippen molar-refractivity contribution in [2.45, 2.75) is 38.3 Å². The second-order valence-electron chi connectivity index (χ2n) is 6.37. The number of alkyl halides is 1. The number of methoxy groups -OCH3 is 1. The Morgan fingerprint density at radius 2 is 1.78 bits per heavy atom. The van der Waals surface area contributed by atoms with E-state index < -0.39 is 0 Å². The molecule has 0 radical (unpaired) electrons. The molecule has 0 unspecified atom stereocenters. The molecule has 2 aromatic carbocycles. The fourth-order valence-corrected chi connectivity index (χ4v) is 2.59. The molecule has 0 aromatic heterocycles. The molecule has 0 aliphatic heterocycles. The largest absolute Gasteiger partial charge is 0.497 e. The molecule has 0 fully saturated rings. The summed E-state index contributed by atoms with van der Waals surface area (Å²) in [6.07, 6.45) is 0. The Labute approximate surface area is 145 Å². The minimum Gasteiger partial charge on any atom is -0.497 e. The maximum absolute atomic E-state index is 14.3. The lowest BCUT2D eigenvalue weighted by molar-refractivity contribution is -0.0147. The topological polar surface area (TPSA) is 18.5 Å². The van der Waals surface area contributed by atoms with Gasteiger partial charge in [-0.05, 0) is 55.7 Å². The van der Waals surface area contributed by atoms with Gasteiger partial charge in [-0.1, -0.05) is 34.1 Å². The molecule has 0 bridgehead atoms. The Bertz CT molecular complexity index is 678. The van der Waals surface area contributed by atoms with Crippen LogP contribution in [0.25, 0.3) is 11.1 Å². The van der Waals surface area contributed by atoms with Crippen LogP contribution in [-0.2, 0) is 16.7 Å². The van der Waals surface area contributed by atoms with Crippen molar-refractivity contribution in [2.75, 3.05) is 7.11 Å². The summed E-state index contributed by atoms with van der Waals surface area (Å²) in [5.41, 5.74) is 3.19. The van der Waals surface area contributed by atoms with Crippen LogP contribution in [0.3, 0.4) is 0 Å². The van der Waals surface area contributed by atoms with E-state index in [0.29, 0.717) is 17.9 Å². The van der Waals surface area contributed by atoms with E-state index in [1.807, 2.05) is 32.9 Å². The molecule has 0 N–H and O–H groups in total. The van der Waals surface area contributed by atoms with Crippen LogP contribution in [0.5, 0.6) is 5.75 Å². The van der Waals surface area contributed by atoms with Gasteiger partial charge in [-0.15, -0.1) is 0 Å². The predicted molar refractivity (Wildman–Crippen MR) is 95.6 cm³/mol. The van der Waals surface area contributed by atoms with Crippen molar-refractivity contribution in [2.24, 2.45) is 0 Å². The van der Waals surface area contributed by atoms with E-state index >= 15 is 0 Å². The fourth-order valence-electron chi connectivity index (χ4n) is 2.24. The molecule has 0 heterocycles. The van der Waals surface area contributed by atoms with Gasteiger partial charge in [0.1, 0.15) is 11.6 Å². The number of hydrogen-bond acceptors (Lipinski definition) is 2. The molecule has 0 atom stereocenters. The van der Waals surface area contributed by atoms with Gasteiger partial charge in [0.15, 0.2) is 0 Å². The molecule has 2 rings (SSSR count). The summed E-state index contributed by atoms with van der Waals surface area (Å²) < 4.78 is 25.5. The van der Waals surface area contributed by atoms with Crippen LogP contribution in [0.15, 0.2) is 36.4 Å². The molecule has 0 aliphatic carbocycles. The van der Waals surface area contributed by atoms with E-state index in [0.717, 1.165) is 22.0 Å². The Morgan fingerprint density at radius 3 is 2.39 bits per heavy atom. The van der Waals surface area contributed by atoms with Crippen molar-refractivity contribution < 1.29 is 13.9 Å². The van der Waals surface area contributed by atoms with E-state index in [2.05, 4.69) is 22.0 Å². The van der Waals surface area contributed by atoms with Crippen molar-refractivity contribution in [1.82, 2.24) is 0 Å². The van der Waals surface area contributed by atoms with Gasteiger partial charge in [0, 0.05) is 10.9 Å². The summed E-state index contributed by atoms with van der Waals surface area (Å²) >= 11 is 3.47. The van der Waals surface area contributed by atoms with E-state index in [1.54, 1.807) is 19.2 Å². The third-order valence-electron chi connectivity index (χ3n) is 3.45. The molecular weight excluding hydrogens is 359 g/mol. The van der Waals surface area contributed by atoms with Crippen molar-refractivity contribution in [3.05, 3.63) is 53.3 Å². The first kappa shape index (κ1) is 18.0. The highest BCUT2D eigenvalue weighted by Gasteiger charge is 2.15. The van der Waals surface area contributed by atoms with Gasteiger partial charge in [-0.3, -0.25) is 0 Å². The van der Waals surface area contributed by atoms with Gasteiger partial charge in [0.05, 0.1) is 19.3 Å². The first-order chi connectivity index (χ1) is 10.8. The third kappa shape index (κ3) is 4.79. The Morgan fingerprint density at radius 1 is 1.04 bits per heavy atom. The molecule has 2 nitrogen and oxygen atoms in total. The zero-order chi connectivity index (χ0) is 17.0. The molecule has 4 heteroatoms. The Kier molecular flexibility index (Phi) is 5.82. The molecular formula is C19H22BrFO2. The third-order valence-corrected chi connectivity index (χ3v) is 4.10. The van der Waals surface area contributed by atoms with Crippen molar-refractivity contribution in [3.8, 4) is 16.9 Å². The summed E-state index contributed by atoms with van der Waals surface area (Å²) in [5.74, 6) is 0.364. The van der Waals surface area contributed by atoms with Gasteiger partial charge in [0.25, 0.3) is 0 Å². The monoisotopic (exact) mass is 380 g/mol. The molecule has 0 saturated carbocycles. The van der Waals surface area contributed by atoms with Crippen LogP contribution < -0.4 is 4.74 Å². The lowest BCUT2D eigenvalue weighted by Crippen LogP contribution is -2.19. The lowest BCUT2D eigenvalue weighted by Gasteiger charge is -2.21. The fraction of sp³-hybridized carbons (Fsp3) is 0.368. The second kappa shape index (κ2) is 7.45. The highest BCUT2D eigenvalue weighted by Crippen LogP contribution is 2.32. The summed E-state index contributed by atoms with van der Waals surface area (Å²) in [6.45, 7) is 6.45. The maximum Gasteiger partial charge on any atom is 0.131 e. The van der Waals surface area contributed by atoms with Gasteiger partial charge >= 0.3 is 0 Å². The summed E-state index contributed by atoms with van der Waals surface area (Å²) in [6, 6.07) is 10.8. The van der Waals surface area contributed by atoms with Gasteiger partial charge < -0.3 is 9.47 Å². The summed E-state index contributed by atoms with van der Waals surface area (Å²) in [4.78, 5) is 0. The molecule has 0 amide bonds. The smallest absolute Gasteiger partial charge is 0.131 e. The molecule has 0 aliphatic rings. The van der Waals surface area contributed by atoms with E-state index in [9.17, 15) is 4.39 Å². The van der Waals surface area contributed by atoms with Crippen LogP contribution in [0, 0.1) is 5.82 Å². The minimum atomic E-state index is -0.269. The average molecular weight is 381 g/mol. The number of benzene rings is 2. The van der Waals surface area contributed by atoms with Gasteiger partial charge in [-0.25, -0.2) is 4.39 Å². The lowest BCUT2D eigenvalue weighted by atomic mass is 9.97. The first-order valence-corrected chi connectivity index (χ1v) is 8.62. The standard InChI is InChI=1S/C19H22BrFO2/c1-19(2,3)23-12-14-9-13(11-20)5-7-16(14)17-10-15(22-4)6-8-18(17)21/h5-10H,11-12H2,1-4H3. The second-order valence-corrected chi connectivity index (χ2v) is 6.93. The van der Waals surface area contributed by atoms with Crippen LogP contribution >= 0.6 is 15.9 Å². The summed E-state index contributed by atoms with van der Waals surface area (Å²) in [5, 5.41) is 0.746. The zero-order valence-corrected chi connectivity index (χ0v) is 15.5. The highest BCUT2D eigenvalue weighted by molar-refractivity contribution is 9.08. The van der Waals surface area contributed by atoms with Crippen LogP contribution in [0.2, 0.25) is 0 Å². The number of rotatable bonds is 5. The zero-order valence-electron chi connectivity index (χ0n) is 14.0. The normalized spacial score (nSPS) is 11.6. The molecule has 0 spiro atoms. The Balaban J connectivity index is 2.48. The molecule has 2 aromatic rings. The maximum atomic E-state index is 14.3. The van der Waals surface area contributed by atoms with E-state index in [1.165, 1.54) is 6.07 Å². The van der Waals surface area contributed by atoms with Crippen LogP contribution in [0.4, 0.5) is 4.39 Å². The number of hydrogen-bond donors (Lipinski definition) is 0. The minimum absolute atomic E-state index is 0.255. The number of halogens is 2. The van der Waals surface area contributed by atoms with Crippen LogP contribution in [-0.4, -0.2) is 12.7 Å². The highest BCUT2D eigenvalue weighted by atomic mass is 79.9. The van der Waals surface area contributed by atoms with Crippen LogP contribution in [0.1, 0.15) is 31.9 Å². The average Bonchev–Trinajstić information content (AvgIpc) is 2.52. The van der Waals surface area contributed by atoms with E-state index in [-0.39, 0.29) is 11.4 Å². The molecule has 0 saturated heterocycles. The van der Waals surface area contributed by atoms with Crippen molar-refractivity contribution in [3.63, 3.8) is 0 Å². The molecule has 23 heavy (non-hydrogen) atoms. The van der Waals surface area contributed by atoms with Crippen molar-refractivity contribution in [1.29, 1.82) is 0 Å². The Hall–Kier alpha value is -1.39. The number of ether oxygens (including phenoxy) is 2. The molecule has 124 valence electrons. The van der Waals surface area contributed by atoms with Gasteiger partial charge in [-0.2, -0.15) is 0 Å². The van der Waals surface area contributed by atoms with Gasteiger partial charge in [0.2, 0.25) is 0 Å². The SMILES string of the molecule is COc1ccc(F)c(-c2ccc(CBr)cc2COC(C)(C)C)c1. The quantitative estimate of drug-likeness (QED) is 0.618. The predicted octanol–water partition coefficient (Wildman–Crippen LogP) is 5.71. The first-order valence-electron chi connectivity index (χ1n) is 7.49. The van der Waals surface area contributed by atoms with E-state index in [4.69, 9.17) is 9.47 Å². The van der Waals surface area contributed by atoms with Crippen molar-refractivity contribution >= 4 is 15.9 Å². The summed E-state index contributed by atoms with van der Waals surface area (Å²) in [7, 11) is 1.58.